The van der Waals surface area contributed by atoms with Crippen LogP contribution in [0.15, 0.2) is 41.9 Å². The Labute approximate surface area is 339 Å². The number of sulfonamides is 1. The van der Waals surface area contributed by atoms with E-state index in [0.29, 0.717) is 38.1 Å². The maximum atomic E-state index is 14.7. The number of aromatic nitrogens is 3. The lowest BCUT2D eigenvalue weighted by atomic mass is 9.90. The third-order valence-corrected chi connectivity index (χ3v) is 14.9. The van der Waals surface area contributed by atoms with Gasteiger partial charge in [-0.1, -0.05) is 31.1 Å². The van der Waals surface area contributed by atoms with Crippen LogP contribution in [0.5, 0.6) is 6.01 Å². The van der Waals surface area contributed by atoms with Crippen LogP contribution in [-0.2, 0) is 33.9 Å². The van der Waals surface area contributed by atoms with Crippen LogP contribution in [-0.4, -0.2) is 80.5 Å². The first-order valence-electron chi connectivity index (χ1n) is 20.3. The van der Waals surface area contributed by atoms with Crippen LogP contribution >= 0.6 is 11.3 Å². The summed E-state index contributed by atoms with van der Waals surface area (Å²) >= 11 is 1.51. The summed E-state index contributed by atoms with van der Waals surface area (Å²) in [4.78, 5) is 67.6. The number of ether oxygens (including phenoxy) is 2. The molecule has 4 heterocycles. The molecule has 3 aromatic rings. The minimum absolute atomic E-state index is 0.0442. The molecule has 0 radical (unpaired) electrons. The number of esters is 1. The fourth-order valence-electron chi connectivity index (χ4n) is 8.36. The van der Waals surface area contributed by atoms with Gasteiger partial charge in [0.1, 0.15) is 22.2 Å². The molecule has 1 saturated heterocycles. The number of thiazole rings is 1. The number of benzene rings is 1. The molecule has 0 unspecified atom stereocenters. The Morgan fingerprint density at radius 1 is 1.12 bits per heavy atom. The number of Topliss-reactive ketones (excluding diaryl/α,β-unsaturated/α-hetero) is 1. The maximum Gasteiger partial charge on any atom is 0.307 e. The molecule has 2 saturated carbocycles. The smallest absolute Gasteiger partial charge is 0.307 e. The zero-order valence-corrected chi connectivity index (χ0v) is 35.4. The fourth-order valence-corrected chi connectivity index (χ4v) is 10.4. The second-order valence-electron chi connectivity index (χ2n) is 17.9. The van der Waals surface area contributed by atoms with Crippen LogP contribution in [0, 0.1) is 17.3 Å². The van der Waals surface area contributed by atoms with Gasteiger partial charge < -0.3 is 14.4 Å². The predicted molar refractivity (Wildman–Crippen MR) is 217 cm³/mol. The van der Waals surface area contributed by atoms with Gasteiger partial charge >= 0.3 is 5.97 Å². The molecule has 2 aromatic heterocycles. The van der Waals surface area contributed by atoms with E-state index in [1.54, 1.807) is 33.9 Å². The van der Waals surface area contributed by atoms with Crippen molar-refractivity contribution in [3.05, 3.63) is 41.9 Å². The Morgan fingerprint density at radius 2 is 1.89 bits per heavy atom. The highest BCUT2D eigenvalue weighted by Crippen LogP contribution is 2.57. The third kappa shape index (κ3) is 8.55. The molecule has 2 amide bonds. The number of hydrogen-bond donors (Lipinski definition) is 1. The molecule has 0 bridgehead atoms. The molecule has 7 rings (SSSR count). The normalized spacial score (nSPS) is 27.2. The number of para-hydroxylation sites is 1. The van der Waals surface area contributed by atoms with Crippen molar-refractivity contribution in [1.29, 1.82) is 0 Å². The SMILES string of the molecule is CC(C)n1c(O[C@@H]2C[C@H]3C(=O)C[C@]4(C(=O)NS(=O)(=O)C5(C)CC5)C[C@H]4/C=C\CCCCC[C@H](CC(=O)OC(C)(C)C)C(=O)N3C2)nc2c(-c3nccs3)cccc21. The first-order chi connectivity index (χ1) is 26.9. The zero-order chi connectivity index (χ0) is 40.9. The van der Waals surface area contributed by atoms with E-state index in [1.165, 1.54) is 16.2 Å². The summed E-state index contributed by atoms with van der Waals surface area (Å²) in [6, 6.07) is 5.25. The molecule has 308 valence electrons. The largest absolute Gasteiger partial charge is 0.460 e. The summed E-state index contributed by atoms with van der Waals surface area (Å²) in [5.74, 6) is -2.88. The molecule has 57 heavy (non-hydrogen) atoms. The van der Waals surface area contributed by atoms with Crippen LogP contribution < -0.4 is 9.46 Å². The number of amides is 2. The molecule has 1 N–H and O–H groups in total. The van der Waals surface area contributed by atoms with Gasteiger partial charge in [-0.2, -0.15) is 4.98 Å². The molecule has 5 atom stereocenters. The number of carbonyl (C=O) groups is 4. The Hall–Kier alpha value is -4.11. The number of fused-ring (bicyclic) bond motifs is 3. The van der Waals surface area contributed by atoms with E-state index < -0.39 is 55.7 Å². The second kappa shape index (κ2) is 15.6. The number of nitrogens with one attached hydrogen (secondary N) is 1. The van der Waals surface area contributed by atoms with Crippen molar-refractivity contribution in [3.63, 3.8) is 0 Å². The van der Waals surface area contributed by atoms with Crippen molar-refractivity contribution in [3.8, 4) is 16.6 Å². The minimum Gasteiger partial charge on any atom is -0.460 e. The van der Waals surface area contributed by atoms with E-state index in [4.69, 9.17) is 14.5 Å². The topological polar surface area (TPSA) is 167 Å². The summed E-state index contributed by atoms with van der Waals surface area (Å²) in [5, 5.41) is 2.74. The number of imidazole rings is 1. The van der Waals surface area contributed by atoms with Gasteiger partial charge in [0.05, 0.1) is 34.7 Å². The Morgan fingerprint density at radius 3 is 2.58 bits per heavy atom. The van der Waals surface area contributed by atoms with Crippen molar-refractivity contribution in [2.24, 2.45) is 17.3 Å². The van der Waals surface area contributed by atoms with Gasteiger partial charge in [-0.15, -0.1) is 11.3 Å². The van der Waals surface area contributed by atoms with E-state index in [-0.39, 0.29) is 49.5 Å². The van der Waals surface area contributed by atoms with Crippen molar-refractivity contribution >= 4 is 56.0 Å². The lowest BCUT2D eigenvalue weighted by Crippen LogP contribution is -2.47. The monoisotopic (exact) mass is 821 g/mol. The van der Waals surface area contributed by atoms with Gasteiger partial charge in [0, 0.05) is 41.9 Å². The quantitative estimate of drug-likeness (QED) is 0.177. The number of carbonyl (C=O) groups excluding carboxylic acids is 4. The number of hydrogen-bond acceptors (Lipinski definition) is 11. The molecular weight excluding hydrogens is 767 g/mol. The maximum absolute atomic E-state index is 14.7. The average Bonchev–Trinajstić information content (AvgIpc) is 3.77. The van der Waals surface area contributed by atoms with E-state index in [9.17, 15) is 27.6 Å². The third-order valence-electron chi connectivity index (χ3n) is 11.9. The Balaban J connectivity index is 1.22. The van der Waals surface area contributed by atoms with E-state index in [2.05, 4.69) is 9.71 Å². The number of nitrogens with zero attached hydrogens (tertiary/aromatic N) is 4. The Bertz CT molecular complexity index is 2170. The average molecular weight is 822 g/mol. The van der Waals surface area contributed by atoms with Gasteiger partial charge in [0.2, 0.25) is 21.8 Å². The molecule has 2 aliphatic heterocycles. The van der Waals surface area contributed by atoms with Gasteiger partial charge in [-0.3, -0.25) is 28.5 Å². The molecule has 1 aromatic carbocycles. The number of allylic oxidation sites excluding steroid dienone is 2. The summed E-state index contributed by atoms with van der Waals surface area (Å²) in [5.41, 5.74) is 0.465. The van der Waals surface area contributed by atoms with Crippen molar-refractivity contribution in [2.75, 3.05) is 6.54 Å². The molecular formula is C42H55N5O8S2. The lowest BCUT2D eigenvalue weighted by molar-refractivity contribution is -0.159. The highest BCUT2D eigenvalue weighted by molar-refractivity contribution is 7.91. The van der Waals surface area contributed by atoms with Crippen molar-refractivity contribution < 1.29 is 37.1 Å². The van der Waals surface area contributed by atoms with E-state index >= 15 is 0 Å². The summed E-state index contributed by atoms with van der Waals surface area (Å²) in [7, 11) is -3.95. The summed E-state index contributed by atoms with van der Waals surface area (Å²) in [6.07, 6.45) is 9.63. The molecule has 2 aliphatic carbocycles. The van der Waals surface area contributed by atoms with Crippen LogP contribution in [0.2, 0.25) is 0 Å². The first-order valence-corrected chi connectivity index (χ1v) is 22.6. The highest BCUT2D eigenvalue weighted by Gasteiger charge is 2.62. The van der Waals surface area contributed by atoms with E-state index in [0.717, 1.165) is 40.9 Å². The summed E-state index contributed by atoms with van der Waals surface area (Å²) in [6.45, 7) is 11.1. The minimum atomic E-state index is -3.95. The number of rotatable bonds is 9. The predicted octanol–water partition coefficient (Wildman–Crippen LogP) is 6.92. The standard InChI is InChI=1S/C42H55N5O8S2/c1-26(2)47-31-16-12-15-30(36-43-19-20-56-36)35(31)44-39(47)54-29-22-32-33(48)24-42(38(51)45-57(52,53)41(6)17-18-41)23-28(42)14-11-9-7-8-10-13-27(37(50)46(32)25-29)21-34(49)55-40(3,4)5/h11-12,14-16,19-20,26-29,32H,7-10,13,17-18,21-25H2,1-6H3,(H,45,51)/b14-11-/t27-,28-,29-,32+,42-/m1/s1. The summed E-state index contributed by atoms with van der Waals surface area (Å²) < 4.78 is 42.2. The first kappa shape index (κ1) is 41.1. The molecule has 15 heteroatoms. The van der Waals surface area contributed by atoms with Gasteiger partial charge in [-0.25, -0.2) is 13.4 Å². The molecule has 13 nitrogen and oxygen atoms in total. The zero-order valence-electron chi connectivity index (χ0n) is 33.8. The second-order valence-corrected chi connectivity index (χ2v) is 21.0. The van der Waals surface area contributed by atoms with Crippen molar-refractivity contribution in [1.82, 2.24) is 24.2 Å². The van der Waals surface area contributed by atoms with Crippen molar-refractivity contribution in [2.45, 2.75) is 141 Å². The highest BCUT2D eigenvalue weighted by atomic mass is 32.2. The molecule has 0 spiro atoms. The van der Waals surface area contributed by atoms with Crippen LogP contribution in [0.3, 0.4) is 0 Å². The van der Waals surface area contributed by atoms with Crippen LogP contribution in [0.25, 0.3) is 21.6 Å². The van der Waals surface area contributed by atoms with Crippen LogP contribution in [0.1, 0.15) is 118 Å². The molecule has 4 aliphatic rings. The van der Waals surface area contributed by atoms with Gasteiger partial charge in [0.15, 0.2) is 5.78 Å². The van der Waals surface area contributed by atoms with Gasteiger partial charge in [0.25, 0.3) is 6.01 Å². The van der Waals surface area contributed by atoms with E-state index in [1.807, 2.05) is 54.1 Å². The van der Waals surface area contributed by atoms with Crippen LogP contribution in [0.4, 0.5) is 0 Å². The fraction of sp³-hybridized carbons (Fsp3) is 0.619. The number of ketones is 1. The molecule has 3 fully saturated rings. The van der Waals surface area contributed by atoms with Gasteiger partial charge in [-0.05, 0) is 98.1 Å². The Kier molecular flexibility index (Phi) is 11.2. The lowest BCUT2D eigenvalue weighted by Gasteiger charge is -2.29.